The predicted octanol–water partition coefficient (Wildman–Crippen LogP) is 4.96. The topological polar surface area (TPSA) is 73.9 Å². The van der Waals surface area contributed by atoms with Crippen LogP contribution in [0.2, 0.25) is 0 Å². The number of carbonyl (C=O) groups is 2. The van der Waals surface area contributed by atoms with Crippen molar-refractivity contribution in [3.63, 3.8) is 0 Å². The van der Waals surface area contributed by atoms with E-state index in [9.17, 15) is 9.59 Å². The lowest BCUT2D eigenvalue weighted by Gasteiger charge is -2.23. The first-order chi connectivity index (χ1) is 14.8. The van der Waals surface area contributed by atoms with Crippen molar-refractivity contribution in [1.82, 2.24) is 5.32 Å². The highest BCUT2D eigenvalue weighted by Crippen LogP contribution is 2.18. The van der Waals surface area contributed by atoms with Crippen LogP contribution < -0.4 is 10.1 Å². The van der Waals surface area contributed by atoms with E-state index in [0.717, 1.165) is 22.6 Å². The maximum Gasteiger partial charge on any atom is 0.408 e. The van der Waals surface area contributed by atoms with Crippen LogP contribution >= 0.6 is 11.8 Å². The van der Waals surface area contributed by atoms with Gasteiger partial charge >= 0.3 is 12.1 Å². The standard InChI is InChI=1S/C24H31NO5S/c1-24(2,3)30-23(27)25-21(22(26)29-16-18-8-6-5-7-9-18)14-15-31-17-19-10-12-20(28-4)13-11-19/h5-13,21H,14-17H2,1-4H3,(H,25,27)/t21-/m0/s1. The minimum atomic E-state index is -0.776. The lowest BCUT2D eigenvalue weighted by molar-refractivity contribution is -0.147. The average Bonchev–Trinajstić information content (AvgIpc) is 2.74. The van der Waals surface area contributed by atoms with Gasteiger partial charge in [-0.1, -0.05) is 42.5 Å². The summed E-state index contributed by atoms with van der Waals surface area (Å²) in [7, 11) is 1.64. The van der Waals surface area contributed by atoms with Crippen LogP contribution in [0.4, 0.5) is 4.79 Å². The molecule has 0 saturated heterocycles. The van der Waals surface area contributed by atoms with Gasteiger partial charge in [-0.05, 0) is 56.2 Å². The summed E-state index contributed by atoms with van der Waals surface area (Å²) in [6, 6.07) is 16.5. The highest BCUT2D eigenvalue weighted by atomic mass is 32.2. The summed E-state index contributed by atoms with van der Waals surface area (Å²) in [5.74, 6) is 1.81. The van der Waals surface area contributed by atoms with E-state index in [4.69, 9.17) is 14.2 Å². The van der Waals surface area contributed by atoms with Gasteiger partial charge < -0.3 is 19.5 Å². The lowest BCUT2D eigenvalue weighted by atomic mass is 10.2. The van der Waals surface area contributed by atoms with Crippen molar-refractivity contribution < 1.29 is 23.8 Å². The van der Waals surface area contributed by atoms with E-state index in [1.807, 2.05) is 54.6 Å². The van der Waals surface area contributed by atoms with Gasteiger partial charge in [0, 0.05) is 5.75 Å². The summed E-state index contributed by atoms with van der Waals surface area (Å²) in [5, 5.41) is 2.66. The highest BCUT2D eigenvalue weighted by molar-refractivity contribution is 7.98. The molecule has 0 bridgehead atoms. The third-order valence-electron chi connectivity index (χ3n) is 4.18. The summed E-state index contributed by atoms with van der Waals surface area (Å²) in [5.41, 5.74) is 1.40. The molecule has 0 unspecified atom stereocenters. The molecule has 0 aliphatic carbocycles. The number of alkyl carbamates (subject to hydrolysis) is 1. The molecule has 7 heteroatoms. The number of rotatable bonds is 10. The fraction of sp³-hybridized carbons (Fsp3) is 0.417. The summed E-state index contributed by atoms with van der Waals surface area (Å²) >= 11 is 1.68. The van der Waals surface area contributed by atoms with Gasteiger partial charge in [0.2, 0.25) is 0 Å². The molecule has 0 saturated carbocycles. The molecule has 0 spiro atoms. The Balaban J connectivity index is 1.88. The van der Waals surface area contributed by atoms with Gasteiger partial charge in [0.15, 0.2) is 0 Å². The van der Waals surface area contributed by atoms with Crippen LogP contribution in [0.15, 0.2) is 54.6 Å². The summed E-state index contributed by atoms with van der Waals surface area (Å²) in [6.45, 7) is 5.49. The third-order valence-corrected chi connectivity index (χ3v) is 5.24. The second kappa shape index (κ2) is 12.2. The Morgan fingerprint density at radius 2 is 1.68 bits per heavy atom. The van der Waals surface area contributed by atoms with Crippen LogP contribution in [-0.2, 0) is 26.6 Å². The summed E-state index contributed by atoms with van der Waals surface area (Å²) in [4.78, 5) is 24.8. The van der Waals surface area contributed by atoms with E-state index in [0.29, 0.717) is 12.2 Å². The molecule has 2 aromatic rings. The van der Waals surface area contributed by atoms with Crippen molar-refractivity contribution in [1.29, 1.82) is 0 Å². The molecule has 0 radical (unpaired) electrons. The van der Waals surface area contributed by atoms with Crippen LogP contribution in [0.3, 0.4) is 0 Å². The van der Waals surface area contributed by atoms with Gasteiger partial charge in [0.05, 0.1) is 7.11 Å². The number of hydrogen-bond acceptors (Lipinski definition) is 6. The van der Waals surface area contributed by atoms with E-state index in [1.165, 1.54) is 0 Å². The number of amides is 1. The Labute approximate surface area is 188 Å². The van der Waals surface area contributed by atoms with Crippen LogP contribution in [0, 0.1) is 0 Å². The van der Waals surface area contributed by atoms with Gasteiger partial charge in [0.1, 0.15) is 24.0 Å². The second-order valence-electron chi connectivity index (χ2n) is 7.98. The first-order valence-electron chi connectivity index (χ1n) is 10.2. The second-order valence-corrected chi connectivity index (χ2v) is 9.09. The Hall–Kier alpha value is -2.67. The van der Waals surface area contributed by atoms with Gasteiger partial charge in [-0.3, -0.25) is 0 Å². The predicted molar refractivity (Wildman–Crippen MR) is 123 cm³/mol. The van der Waals surface area contributed by atoms with Crippen molar-refractivity contribution >= 4 is 23.8 Å². The van der Waals surface area contributed by atoms with E-state index in [1.54, 1.807) is 39.6 Å². The molecule has 1 N–H and O–H groups in total. The molecule has 0 aliphatic rings. The molecule has 0 heterocycles. The molecule has 31 heavy (non-hydrogen) atoms. The molecule has 1 amide bonds. The molecule has 6 nitrogen and oxygen atoms in total. The maximum atomic E-state index is 12.6. The first kappa shape index (κ1) is 24.6. The maximum absolute atomic E-state index is 12.6. The number of thioether (sulfide) groups is 1. The molecule has 2 aromatic carbocycles. The lowest BCUT2D eigenvalue weighted by Crippen LogP contribution is -2.44. The van der Waals surface area contributed by atoms with E-state index in [-0.39, 0.29) is 6.61 Å². The van der Waals surface area contributed by atoms with Crippen molar-refractivity contribution in [2.45, 2.75) is 51.2 Å². The molecule has 1 atom stereocenters. The Bertz CT molecular complexity index is 818. The van der Waals surface area contributed by atoms with Crippen molar-refractivity contribution in [3.8, 4) is 5.75 Å². The fourth-order valence-electron chi connectivity index (χ4n) is 2.64. The quantitative estimate of drug-likeness (QED) is 0.412. The van der Waals surface area contributed by atoms with Crippen LogP contribution in [-0.4, -0.2) is 36.6 Å². The van der Waals surface area contributed by atoms with Gasteiger partial charge in [-0.2, -0.15) is 11.8 Å². The summed E-state index contributed by atoms with van der Waals surface area (Å²) < 4.78 is 15.9. The first-order valence-corrected chi connectivity index (χ1v) is 11.3. The Morgan fingerprint density at radius 1 is 1.00 bits per heavy atom. The molecule has 0 fully saturated rings. The molecule has 0 aliphatic heterocycles. The number of ether oxygens (including phenoxy) is 3. The van der Waals surface area contributed by atoms with Crippen molar-refractivity contribution in [3.05, 3.63) is 65.7 Å². The zero-order chi connectivity index (χ0) is 22.7. The van der Waals surface area contributed by atoms with E-state index < -0.39 is 23.7 Å². The molecular weight excluding hydrogens is 414 g/mol. The number of esters is 1. The normalized spacial score (nSPS) is 12.0. The average molecular weight is 446 g/mol. The molecular formula is C24H31NO5S. The Kier molecular flexibility index (Phi) is 9.72. The number of methoxy groups -OCH3 is 1. The zero-order valence-electron chi connectivity index (χ0n) is 18.6. The Morgan fingerprint density at radius 3 is 2.29 bits per heavy atom. The van der Waals surface area contributed by atoms with Crippen molar-refractivity contribution in [2.75, 3.05) is 12.9 Å². The smallest absolute Gasteiger partial charge is 0.408 e. The zero-order valence-corrected chi connectivity index (χ0v) is 19.4. The van der Waals surface area contributed by atoms with E-state index in [2.05, 4.69) is 5.32 Å². The molecule has 168 valence electrons. The summed E-state index contributed by atoms with van der Waals surface area (Å²) in [6.07, 6.45) is -0.192. The van der Waals surface area contributed by atoms with Gasteiger partial charge in [-0.15, -0.1) is 0 Å². The number of benzene rings is 2. The van der Waals surface area contributed by atoms with Crippen LogP contribution in [0.1, 0.15) is 38.3 Å². The van der Waals surface area contributed by atoms with Crippen LogP contribution in [0.5, 0.6) is 5.75 Å². The SMILES string of the molecule is COc1ccc(CSCC[C@H](NC(=O)OC(C)(C)C)C(=O)OCc2ccccc2)cc1. The molecule has 2 rings (SSSR count). The number of carbonyl (C=O) groups excluding carboxylic acids is 2. The largest absolute Gasteiger partial charge is 0.497 e. The monoisotopic (exact) mass is 445 g/mol. The van der Waals surface area contributed by atoms with Crippen molar-refractivity contribution in [2.24, 2.45) is 0 Å². The number of hydrogen-bond donors (Lipinski definition) is 1. The van der Waals surface area contributed by atoms with Gasteiger partial charge in [0.25, 0.3) is 0 Å². The fourth-order valence-corrected chi connectivity index (χ4v) is 3.62. The van der Waals surface area contributed by atoms with Crippen LogP contribution in [0.25, 0.3) is 0 Å². The highest BCUT2D eigenvalue weighted by Gasteiger charge is 2.25. The van der Waals surface area contributed by atoms with Gasteiger partial charge in [-0.25, -0.2) is 9.59 Å². The minimum Gasteiger partial charge on any atom is -0.497 e. The van der Waals surface area contributed by atoms with E-state index >= 15 is 0 Å². The molecule has 0 aromatic heterocycles. The number of nitrogens with one attached hydrogen (secondary N) is 1. The minimum absolute atomic E-state index is 0.158. The third kappa shape index (κ3) is 9.79.